The fourth-order valence-corrected chi connectivity index (χ4v) is 5.49. The van der Waals surface area contributed by atoms with Gasteiger partial charge in [-0.05, 0) is 37.1 Å². The zero-order valence-corrected chi connectivity index (χ0v) is 21.1. The van der Waals surface area contributed by atoms with Gasteiger partial charge in [0, 0.05) is 29.3 Å². The van der Waals surface area contributed by atoms with Crippen molar-refractivity contribution in [2.24, 2.45) is 5.73 Å². The van der Waals surface area contributed by atoms with E-state index in [-0.39, 0.29) is 34.8 Å². The number of sulfone groups is 1. The molecule has 3 amide bonds. The van der Waals surface area contributed by atoms with Crippen molar-refractivity contribution in [2.45, 2.75) is 25.1 Å². The van der Waals surface area contributed by atoms with Gasteiger partial charge in [0.25, 0.3) is 5.91 Å². The number of hydrogen-bond donors (Lipinski definition) is 3. The zero-order valence-electron chi connectivity index (χ0n) is 20.3. The van der Waals surface area contributed by atoms with Crippen molar-refractivity contribution in [3.8, 4) is 11.1 Å². The number of rotatable bonds is 9. The van der Waals surface area contributed by atoms with Crippen LogP contribution < -0.4 is 5.73 Å². The summed E-state index contributed by atoms with van der Waals surface area (Å²) in [5.74, 6) is -2.92. The normalized spacial score (nSPS) is 15.1. The first kappa shape index (κ1) is 26.3. The molecule has 1 atom stereocenters. The molecule has 2 aromatic carbocycles. The molecule has 0 saturated carbocycles. The van der Waals surface area contributed by atoms with Crippen LogP contribution in [0.1, 0.15) is 41.0 Å². The Balaban J connectivity index is 1.80. The quantitative estimate of drug-likeness (QED) is 0.360. The molecule has 3 aromatic rings. The van der Waals surface area contributed by atoms with Gasteiger partial charge in [-0.15, -0.1) is 0 Å². The molecular formula is C25H27FN4O6S. The highest BCUT2D eigenvalue weighted by atomic mass is 32.2. The highest BCUT2D eigenvalue weighted by Crippen LogP contribution is 2.38. The lowest BCUT2D eigenvalue weighted by atomic mass is 9.97. The number of aromatic amines is 1. The van der Waals surface area contributed by atoms with Crippen LogP contribution in [-0.4, -0.2) is 72.1 Å². The van der Waals surface area contributed by atoms with E-state index in [2.05, 4.69) is 4.98 Å². The molecule has 0 bridgehead atoms. The third-order valence-corrected chi connectivity index (χ3v) is 7.22. The van der Waals surface area contributed by atoms with E-state index in [1.54, 1.807) is 25.1 Å². The first-order chi connectivity index (χ1) is 17.4. The van der Waals surface area contributed by atoms with Crippen LogP contribution in [0, 0.1) is 5.82 Å². The molecule has 10 nitrogen and oxygen atoms in total. The third kappa shape index (κ3) is 5.07. The van der Waals surface area contributed by atoms with E-state index in [1.807, 2.05) is 0 Å². The monoisotopic (exact) mass is 530 g/mol. The van der Waals surface area contributed by atoms with Gasteiger partial charge >= 0.3 is 12.0 Å². The topological polar surface area (TPSA) is 154 Å². The smallest absolute Gasteiger partial charge is 0.352 e. The van der Waals surface area contributed by atoms with Gasteiger partial charge < -0.3 is 20.7 Å². The van der Waals surface area contributed by atoms with Crippen LogP contribution in [0.25, 0.3) is 22.0 Å². The van der Waals surface area contributed by atoms with Crippen LogP contribution >= 0.6 is 0 Å². The molecule has 0 spiro atoms. The summed E-state index contributed by atoms with van der Waals surface area (Å²) in [4.78, 5) is 43.3. The van der Waals surface area contributed by atoms with Crippen molar-refractivity contribution in [3.05, 3.63) is 59.0 Å². The second kappa shape index (κ2) is 9.94. The van der Waals surface area contributed by atoms with Crippen molar-refractivity contribution in [3.63, 3.8) is 0 Å². The standard InChI is InChI=1S/C25H27FN4O6S/c1-14(30-20(31)12-29(25(30)34)10-4-9-27)17-5-3-6-18-21(23(24(32)33)28-22(17)18)15-7-8-16(19(26)11-15)13-37(2,35)36/h3,5-8,11,14,28H,4,9-10,12-13,27H2,1-2H3,(H,32,33)/t14-/m0/s1. The summed E-state index contributed by atoms with van der Waals surface area (Å²) in [6, 6.07) is 7.76. The summed E-state index contributed by atoms with van der Waals surface area (Å²) in [6.07, 6.45) is 1.55. The van der Waals surface area contributed by atoms with E-state index in [4.69, 9.17) is 5.73 Å². The Morgan fingerprint density at radius 1 is 1.24 bits per heavy atom. The second-order valence-corrected chi connectivity index (χ2v) is 11.3. The number of para-hydroxylation sites is 1. The van der Waals surface area contributed by atoms with Crippen molar-refractivity contribution in [2.75, 3.05) is 25.9 Å². The molecule has 0 aliphatic carbocycles. The average Bonchev–Trinajstić information content (AvgIpc) is 3.35. The summed E-state index contributed by atoms with van der Waals surface area (Å²) in [5.41, 5.74) is 6.67. The van der Waals surface area contributed by atoms with Crippen molar-refractivity contribution in [1.29, 1.82) is 0 Å². The summed E-state index contributed by atoms with van der Waals surface area (Å²) < 4.78 is 38.0. The predicted molar refractivity (Wildman–Crippen MR) is 135 cm³/mol. The van der Waals surface area contributed by atoms with E-state index >= 15 is 0 Å². The van der Waals surface area contributed by atoms with Gasteiger partial charge in [0.2, 0.25) is 0 Å². The lowest BCUT2D eigenvalue weighted by molar-refractivity contribution is -0.126. The molecule has 0 unspecified atom stereocenters. The van der Waals surface area contributed by atoms with Crippen LogP contribution in [0.5, 0.6) is 0 Å². The maximum atomic E-state index is 14.8. The van der Waals surface area contributed by atoms with Gasteiger partial charge in [0.15, 0.2) is 9.84 Å². The number of nitrogens with two attached hydrogens (primary N) is 1. The SMILES string of the molecule is C[C@@H](c1cccc2c(-c3ccc(CS(C)(=O)=O)c(F)c3)c(C(=O)O)[nH]c12)N1C(=O)CN(CCCN)C1=O. The van der Waals surface area contributed by atoms with Crippen LogP contribution in [0.2, 0.25) is 0 Å². The Morgan fingerprint density at radius 2 is 1.97 bits per heavy atom. The Kier molecular flexibility index (Phi) is 7.07. The van der Waals surface area contributed by atoms with Gasteiger partial charge in [-0.25, -0.2) is 22.4 Å². The van der Waals surface area contributed by atoms with Crippen LogP contribution in [-0.2, 0) is 20.4 Å². The number of carbonyl (C=O) groups is 3. The van der Waals surface area contributed by atoms with Crippen molar-refractivity contribution < 1.29 is 32.3 Å². The molecule has 1 aliphatic heterocycles. The fourth-order valence-electron chi connectivity index (χ4n) is 4.69. The maximum absolute atomic E-state index is 14.8. The summed E-state index contributed by atoms with van der Waals surface area (Å²) in [5, 5.41) is 10.4. The van der Waals surface area contributed by atoms with E-state index in [0.717, 1.165) is 17.2 Å². The van der Waals surface area contributed by atoms with E-state index in [9.17, 15) is 32.3 Å². The number of imide groups is 1. The number of urea groups is 1. The number of carboxylic acids is 1. The molecule has 0 radical (unpaired) electrons. The number of nitrogens with zero attached hydrogens (tertiary/aromatic N) is 2. The molecule has 1 saturated heterocycles. The fraction of sp³-hybridized carbons (Fsp3) is 0.320. The summed E-state index contributed by atoms with van der Waals surface area (Å²) in [7, 11) is -3.47. The van der Waals surface area contributed by atoms with Gasteiger partial charge in [0.1, 0.15) is 18.1 Å². The number of amides is 3. The van der Waals surface area contributed by atoms with Gasteiger partial charge in [0.05, 0.1) is 17.3 Å². The number of aromatic carboxylic acids is 1. The molecule has 2 heterocycles. The minimum absolute atomic E-state index is 0.0254. The number of nitrogens with one attached hydrogen (secondary N) is 1. The van der Waals surface area contributed by atoms with E-state index < -0.39 is 39.4 Å². The number of carbonyl (C=O) groups excluding carboxylic acids is 2. The Labute approximate surface area is 212 Å². The lowest BCUT2D eigenvalue weighted by Crippen LogP contribution is -2.36. The molecule has 1 fully saturated rings. The van der Waals surface area contributed by atoms with Crippen molar-refractivity contribution in [1.82, 2.24) is 14.8 Å². The van der Waals surface area contributed by atoms with Crippen molar-refractivity contribution >= 4 is 38.6 Å². The zero-order chi connectivity index (χ0) is 27.1. The largest absolute Gasteiger partial charge is 0.477 e. The molecule has 196 valence electrons. The number of H-pyrrole nitrogens is 1. The number of carboxylic acid groups (broad SMARTS) is 1. The number of benzene rings is 2. The molecule has 4 N–H and O–H groups in total. The number of halogens is 1. The molecule has 1 aromatic heterocycles. The predicted octanol–water partition coefficient (Wildman–Crippen LogP) is 2.89. The molecular weight excluding hydrogens is 503 g/mol. The van der Waals surface area contributed by atoms with E-state index in [0.29, 0.717) is 36.0 Å². The van der Waals surface area contributed by atoms with E-state index in [1.165, 1.54) is 17.0 Å². The molecule has 4 rings (SSSR count). The van der Waals surface area contributed by atoms with Crippen LogP contribution in [0.4, 0.5) is 9.18 Å². The first-order valence-corrected chi connectivity index (χ1v) is 13.6. The second-order valence-electron chi connectivity index (χ2n) is 9.11. The number of fused-ring (bicyclic) bond motifs is 1. The third-order valence-electron chi connectivity index (χ3n) is 6.38. The van der Waals surface area contributed by atoms with Gasteiger partial charge in [-0.1, -0.05) is 30.3 Å². The molecule has 12 heteroatoms. The summed E-state index contributed by atoms with van der Waals surface area (Å²) in [6.45, 7) is 2.35. The minimum atomic E-state index is -3.47. The van der Waals surface area contributed by atoms with Crippen LogP contribution in [0.15, 0.2) is 36.4 Å². The summed E-state index contributed by atoms with van der Waals surface area (Å²) >= 11 is 0. The minimum Gasteiger partial charge on any atom is -0.477 e. The molecule has 1 aliphatic rings. The highest BCUT2D eigenvalue weighted by molar-refractivity contribution is 7.89. The van der Waals surface area contributed by atoms with Gasteiger partial charge in [-0.3, -0.25) is 9.69 Å². The molecule has 37 heavy (non-hydrogen) atoms. The lowest BCUT2D eigenvalue weighted by Gasteiger charge is -2.24. The average molecular weight is 531 g/mol. The highest BCUT2D eigenvalue weighted by Gasteiger charge is 2.39. The number of hydrogen-bond acceptors (Lipinski definition) is 6. The Morgan fingerprint density at radius 3 is 2.59 bits per heavy atom. The number of aromatic nitrogens is 1. The van der Waals surface area contributed by atoms with Crippen LogP contribution in [0.3, 0.4) is 0 Å². The first-order valence-electron chi connectivity index (χ1n) is 11.6. The van der Waals surface area contributed by atoms with Gasteiger partial charge in [-0.2, -0.15) is 0 Å². The Bertz CT molecular complexity index is 1520. The Hall–Kier alpha value is -3.77. The maximum Gasteiger partial charge on any atom is 0.352 e.